The number of hydrogen-bond acceptors (Lipinski definition) is 6. The molecule has 8 nitrogen and oxygen atoms in total. The third-order valence-electron chi connectivity index (χ3n) is 4.85. The first-order valence-electron chi connectivity index (χ1n) is 9.13. The van der Waals surface area contributed by atoms with Gasteiger partial charge in [-0.2, -0.15) is 4.31 Å². The number of aliphatic hydroxyl groups is 1. The summed E-state index contributed by atoms with van der Waals surface area (Å²) in [5, 5.41) is 18.9. The lowest BCUT2D eigenvalue weighted by Gasteiger charge is -2.30. The van der Waals surface area contributed by atoms with Gasteiger partial charge < -0.3 is 10.2 Å². The summed E-state index contributed by atoms with van der Waals surface area (Å²) < 4.78 is 51.6. The van der Waals surface area contributed by atoms with Crippen LogP contribution < -0.4 is 0 Å². The molecule has 28 heavy (non-hydrogen) atoms. The van der Waals surface area contributed by atoms with Gasteiger partial charge in [0, 0.05) is 13.0 Å². The minimum absolute atomic E-state index is 0.00967. The Morgan fingerprint density at radius 3 is 2.39 bits per heavy atom. The van der Waals surface area contributed by atoms with Gasteiger partial charge >= 0.3 is 5.97 Å². The largest absolute Gasteiger partial charge is 0.481 e. The molecule has 0 spiro atoms. The number of aliphatic hydroxyl groups excluding tert-OH is 1. The first-order valence-corrected chi connectivity index (χ1v) is 12.4. The molecular formula is C18H27NO7S2. The Labute approximate surface area is 166 Å². The van der Waals surface area contributed by atoms with E-state index in [1.165, 1.54) is 6.07 Å². The lowest BCUT2D eigenvalue weighted by atomic mass is 10.1. The molecule has 158 valence electrons. The van der Waals surface area contributed by atoms with Gasteiger partial charge in [0.15, 0.2) is 9.84 Å². The Balaban J connectivity index is 2.30. The molecule has 10 heteroatoms. The van der Waals surface area contributed by atoms with Gasteiger partial charge in [-0.1, -0.05) is 24.1 Å². The van der Waals surface area contributed by atoms with E-state index in [0.717, 1.165) is 9.87 Å². The molecule has 1 aromatic rings. The van der Waals surface area contributed by atoms with E-state index in [0.29, 0.717) is 24.8 Å². The van der Waals surface area contributed by atoms with Crippen LogP contribution in [0.15, 0.2) is 23.1 Å². The van der Waals surface area contributed by atoms with Gasteiger partial charge in [-0.3, -0.25) is 4.79 Å². The maximum Gasteiger partial charge on any atom is 0.303 e. The summed E-state index contributed by atoms with van der Waals surface area (Å²) in [6.07, 6.45) is -0.0335. The van der Waals surface area contributed by atoms with E-state index in [1.54, 1.807) is 19.1 Å². The van der Waals surface area contributed by atoms with Crippen LogP contribution in [-0.2, 0) is 24.7 Å². The highest BCUT2D eigenvalue weighted by atomic mass is 32.2. The fourth-order valence-corrected chi connectivity index (χ4v) is 7.28. The lowest BCUT2D eigenvalue weighted by Crippen LogP contribution is -2.47. The normalized spacial score (nSPS) is 21.9. The molecule has 2 N–H and O–H groups in total. The minimum atomic E-state index is -4.03. The van der Waals surface area contributed by atoms with Gasteiger partial charge in [-0.05, 0) is 38.3 Å². The molecule has 1 aliphatic rings. The Kier molecular flexibility index (Phi) is 7.24. The summed E-state index contributed by atoms with van der Waals surface area (Å²) in [6.45, 7) is 3.54. The highest BCUT2D eigenvalue weighted by molar-refractivity contribution is 7.92. The molecule has 1 saturated heterocycles. The van der Waals surface area contributed by atoms with Gasteiger partial charge in [-0.15, -0.1) is 0 Å². The second-order valence-corrected chi connectivity index (χ2v) is 11.3. The Morgan fingerprint density at radius 1 is 1.18 bits per heavy atom. The highest BCUT2D eigenvalue weighted by Gasteiger charge is 2.44. The fraction of sp³-hybridized carbons (Fsp3) is 0.611. The van der Waals surface area contributed by atoms with Crippen molar-refractivity contribution in [3.8, 4) is 0 Å². The van der Waals surface area contributed by atoms with E-state index in [2.05, 4.69) is 0 Å². The lowest BCUT2D eigenvalue weighted by molar-refractivity contribution is -0.137. The van der Waals surface area contributed by atoms with Crippen LogP contribution in [0, 0.1) is 13.8 Å². The molecule has 0 aliphatic carbocycles. The predicted molar refractivity (Wildman–Crippen MR) is 104 cm³/mol. The quantitative estimate of drug-likeness (QED) is 0.558. The van der Waals surface area contributed by atoms with Crippen LogP contribution in [-0.4, -0.2) is 67.5 Å². The van der Waals surface area contributed by atoms with Crippen LogP contribution in [0.25, 0.3) is 0 Å². The second kappa shape index (κ2) is 8.89. The summed E-state index contributed by atoms with van der Waals surface area (Å²) in [5.41, 5.74) is 1.45. The average molecular weight is 434 g/mol. The average Bonchev–Trinajstić information content (AvgIpc) is 2.82. The fourth-order valence-electron chi connectivity index (χ4n) is 3.49. The Morgan fingerprint density at radius 2 is 1.86 bits per heavy atom. The van der Waals surface area contributed by atoms with E-state index in [-0.39, 0.29) is 17.9 Å². The number of carboxylic acid groups (broad SMARTS) is 1. The van der Waals surface area contributed by atoms with Gasteiger partial charge in [0.2, 0.25) is 10.0 Å². The van der Waals surface area contributed by atoms with Crippen molar-refractivity contribution < 1.29 is 31.8 Å². The van der Waals surface area contributed by atoms with Crippen molar-refractivity contribution in [3.63, 3.8) is 0 Å². The molecule has 1 aliphatic heterocycles. The second-order valence-electron chi connectivity index (χ2n) is 7.30. The molecule has 2 rings (SSSR count). The summed E-state index contributed by atoms with van der Waals surface area (Å²) >= 11 is 0. The maximum absolute atomic E-state index is 13.3. The van der Waals surface area contributed by atoms with Crippen LogP contribution in [0.1, 0.15) is 36.8 Å². The third-order valence-corrected chi connectivity index (χ3v) is 8.63. The smallest absolute Gasteiger partial charge is 0.303 e. The van der Waals surface area contributed by atoms with Crippen molar-refractivity contribution in [1.82, 2.24) is 4.31 Å². The van der Waals surface area contributed by atoms with E-state index >= 15 is 0 Å². The first kappa shape index (κ1) is 22.8. The van der Waals surface area contributed by atoms with Crippen molar-refractivity contribution in [2.45, 2.75) is 56.6 Å². The highest BCUT2D eigenvalue weighted by Crippen LogP contribution is 2.28. The first-order chi connectivity index (χ1) is 12.9. The van der Waals surface area contributed by atoms with Crippen LogP contribution in [0.3, 0.4) is 0 Å². The van der Waals surface area contributed by atoms with Gasteiger partial charge in [0.05, 0.1) is 28.5 Å². The van der Waals surface area contributed by atoms with Crippen LogP contribution in [0.2, 0.25) is 0 Å². The predicted octanol–water partition coefficient (Wildman–Crippen LogP) is 1.10. The van der Waals surface area contributed by atoms with Gasteiger partial charge in [0.25, 0.3) is 0 Å². The zero-order valence-electron chi connectivity index (χ0n) is 16.0. The van der Waals surface area contributed by atoms with Crippen LogP contribution in [0.4, 0.5) is 0 Å². The van der Waals surface area contributed by atoms with E-state index in [4.69, 9.17) is 5.11 Å². The molecular weight excluding hydrogens is 406 g/mol. The number of nitrogens with zero attached hydrogens (tertiary/aromatic N) is 1. The number of rotatable bonds is 9. The molecule has 1 aromatic carbocycles. The maximum atomic E-state index is 13.3. The number of sulfone groups is 1. The Bertz CT molecular complexity index is 925. The van der Waals surface area contributed by atoms with E-state index in [9.17, 15) is 26.7 Å². The zero-order valence-corrected chi connectivity index (χ0v) is 17.7. The Hall–Kier alpha value is -1.49. The van der Waals surface area contributed by atoms with E-state index < -0.39 is 49.5 Å². The molecule has 0 radical (unpaired) electrons. The number of hydrogen-bond donors (Lipinski definition) is 2. The van der Waals surface area contributed by atoms with Crippen molar-refractivity contribution in [2.24, 2.45) is 0 Å². The van der Waals surface area contributed by atoms with E-state index in [1.807, 2.05) is 6.92 Å². The number of unbranched alkanes of at least 4 members (excludes halogenated alkanes) is 2. The molecule has 0 unspecified atom stereocenters. The summed E-state index contributed by atoms with van der Waals surface area (Å²) in [5.74, 6) is -1.81. The summed E-state index contributed by atoms with van der Waals surface area (Å²) in [7, 11) is -7.56. The van der Waals surface area contributed by atoms with Crippen molar-refractivity contribution in [3.05, 3.63) is 29.3 Å². The molecule has 0 amide bonds. The molecule has 2 atom stereocenters. The number of aliphatic carboxylic acids is 1. The number of aryl methyl sites for hydroxylation is 2. The number of carbonyl (C=O) groups is 1. The number of sulfonamides is 1. The van der Waals surface area contributed by atoms with Crippen molar-refractivity contribution in [2.75, 3.05) is 18.1 Å². The molecule has 0 bridgehead atoms. The molecule has 0 aromatic heterocycles. The SMILES string of the molecule is Cc1ccc(S(=O)(=O)N(CCCCCC(=O)O)[C@@H]2CS(=O)(=O)C[C@H]2O)c(C)c1. The topological polar surface area (TPSA) is 129 Å². The monoisotopic (exact) mass is 433 g/mol. The minimum Gasteiger partial charge on any atom is -0.481 e. The molecule has 1 heterocycles. The van der Waals surface area contributed by atoms with Crippen molar-refractivity contribution in [1.29, 1.82) is 0 Å². The standard InChI is InChI=1S/C18H27NO7S2/c1-13-7-8-17(14(2)10-13)28(25,26)19(9-5-3-4-6-18(21)22)15-11-27(23,24)12-16(15)20/h7-8,10,15-16,20H,3-6,9,11-12H2,1-2H3,(H,21,22)/t15-,16-/m1/s1. The summed E-state index contributed by atoms with van der Waals surface area (Å²) in [4.78, 5) is 10.7. The molecule has 0 saturated carbocycles. The zero-order chi connectivity index (χ0) is 21.1. The number of carboxylic acids is 1. The van der Waals surface area contributed by atoms with Crippen molar-refractivity contribution >= 4 is 25.8 Å². The van der Waals surface area contributed by atoms with Crippen LogP contribution >= 0.6 is 0 Å². The van der Waals surface area contributed by atoms with Crippen LogP contribution in [0.5, 0.6) is 0 Å². The number of benzene rings is 1. The van der Waals surface area contributed by atoms with Gasteiger partial charge in [0.1, 0.15) is 0 Å². The third kappa shape index (κ3) is 5.53. The summed E-state index contributed by atoms with van der Waals surface area (Å²) in [6, 6.07) is 3.86. The molecule has 1 fully saturated rings. The van der Waals surface area contributed by atoms with Gasteiger partial charge in [-0.25, -0.2) is 16.8 Å².